The summed E-state index contributed by atoms with van der Waals surface area (Å²) in [5, 5.41) is 5.95. The summed E-state index contributed by atoms with van der Waals surface area (Å²) >= 11 is 6.02. The molecule has 2 aromatic carbocycles. The summed E-state index contributed by atoms with van der Waals surface area (Å²) in [6, 6.07) is 13.5. The van der Waals surface area contributed by atoms with E-state index in [9.17, 15) is 4.39 Å². The third-order valence-electron chi connectivity index (χ3n) is 5.38. The van der Waals surface area contributed by atoms with Crippen molar-refractivity contribution < 1.29 is 4.39 Å². The van der Waals surface area contributed by atoms with Crippen molar-refractivity contribution in [1.29, 1.82) is 0 Å². The molecule has 5 rings (SSSR count). The number of benzene rings is 2. The highest BCUT2D eigenvalue weighted by atomic mass is 35.5. The summed E-state index contributed by atoms with van der Waals surface area (Å²) in [7, 11) is 0. The van der Waals surface area contributed by atoms with Gasteiger partial charge >= 0.3 is 0 Å². The molecule has 4 aromatic rings. The highest BCUT2D eigenvalue weighted by Crippen LogP contribution is 2.34. The van der Waals surface area contributed by atoms with Crippen LogP contribution in [0, 0.1) is 5.82 Å². The van der Waals surface area contributed by atoms with Crippen molar-refractivity contribution in [3.05, 3.63) is 59.4 Å². The lowest BCUT2D eigenvalue weighted by molar-refractivity contribution is 0.569. The molecule has 3 heterocycles. The first-order valence-electron chi connectivity index (χ1n) is 9.93. The topological polar surface area (TPSA) is 72.9 Å². The second kappa shape index (κ2) is 7.57. The van der Waals surface area contributed by atoms with Gasteiger partial charge in [0.2, 0.25) is 5.95 Å². The minimum absolute atomic E-state index is 0.301. The summed E-state index contributed by atoms with van der Waals surface area (Å²) in [5.41, 5.74) is 9.21. The van der Waals surface area contributed by atoms with E-state index in [1.54, 1.807) is 28.9 Å². The number of nitrogens with two attached hydrogens (primary N) is 1. The highest BCUT2D eigenvalue weighted by Gasteiger charge is 2.22. The maximum atomic E-state index is 13.5. The molecule has 1 aliphatic rings. The van der Waals surface area contributed by atoms with Crippen molar-refractivity contribution in [3.63, 3.8) is 0 Å². The van der Waals surface area contributed by atoms with Crippen LogP contribution in [0.3, 0.4) is 0 Å². The van der Waals surface area contributed by atoms with Gasteiger partial charge in [0.25, 0.3) is 0 Å². The molecule has 0 atom stereocenters. The first-order valence-corrected chi connectivity index (χ1v) is 10.3. The van der Waals surface area contributed by atoms with E-state index < -0.39 is 0 Å². The van der Waals surface area contributed by atoms with E-state index >= 15 is 0 Å². The molecule has 0 amide bonds. The molecule has 0 spiro atoms. The normalized spacial score (nSPS) is 14.4. The fourth-order valence-electron chi connectivity index (χ4n) is 3.83. The number of fused-ring (bicyclic) bond motifs is 1. The Morgan fingerprint density at radius 2 is 1.60 bits per heavy atom. The quantitative estimate of drug-likeness (QED) is 0.511. The van der Waals surface area contributed by atoms with Gasteiger partial charge in [0, 0.05) is 23.7 Å². The van der Waals surface area contributed by atoms with Gasteiger partial charge in [0.1, 0.15) is 11.6 Å². The van der Waals surface area contributed by atoms with Crippen LogP contribution in [0.2, 0.25) is 5.02 Å². The molecule has 8 heteroatoms. The minimum atomic E-state index is -0.301. The Labute approximate surface area is 178 Å². The van der Waals surface area contributed by atoms with Gasteiger partial charge in [0.15, 0.2) is 5.65 Å². The molecule has 1 saturated heterocycles. The molecule has 0 bridgehead atoms. The number of hydrogen-bond donors (Lipinski definition) is 1. The molecule has 30 heavy (non-hydrogen) atoms. The van der Waals surface area contributed by atoms with Crippen LogP contribution in [-0.4, -0.2) is 32.8 Å². The van der Waals surface area contributed by atoms with Crippen molar-refractivity contribution in [2.24, 2.45) is 0 Å². The SMILES string of the molecule is Nc1c2c(-c3ccc(F)cc3)nc(N3CCCCC3)nc2nn1-c1ccc(Cl)cc1. The van der Waals surface area contributed by atoms with Crippen LogP contribution in [0.5, 0.6) is 0 Å². The number of piperidine rings is 1. The Balaban J connectivity index is 1.73. The van der Waals surface area contributed by atoms with Gasteiger partial charge in [-0.2, -0.15) is 4.98 Å². The lowest BCUT2D eigenvalue weighted by Gasteiger charge is -2.26. The second-order valence-electron chi connectivity index (χ2n) is 7.40. The Bertz CT molecular complexity index is 1200. The molecule has 0 unspecified atom stereocenters. The maximum absolute atomic E-state index is 13.5. The zero-order valence-corrected chi connectivity index (χ0v) is 17.0. The maximum Gasteiger partial charge on any atom is 0.228 e. The van der Waals surface area contributed by atoms with Gasteiger partial charge in [-0.15, -0.1) is 5.10 Å². The van der Waals surface area contributed by atoms with Crippen molar-refractivity contribution >= 4 is 34.4 Å². The van der Waals surface area contributed by atoms with Crippen molar-refractivity contribution in [3.8, 4) is 16.9 Å². The summed E-state index contributed by atoms with van der Waals surface area (Å²) in [4.78, 5) is 11.7. The molecule has 2 N–H and O–H groups in total. The Kier molecular flexibility index (Phi) is 4.75. The van der Waals surface area contributed by atoms with Crippen LogP contribution < -0.4 is 10.6 Å². The Hall–Kier alpha value is -3.19. The summed E-state index contributed by atoms with van der Waals surface area (Å²) < 4.78 is 15.2. The lowest BCUT2D eigenvalue weighted by atomic mass is 10.1. The first-order chi connectivity index (χ1) is 14.6. The van der Waals surface area contributed by atoms with E-state index in [1.165, 1.54) is 18.6 Å². The van der Waals surface area contributed by atoms with Gasteiger partial charge in [-0.3, -0.25) is 0 Å². The Morgan fingerprint density at radius 3 is 2.30 bits per heavy atom. The van der Waals surface area contributed by atoms with Crippen LogP contribution in [0.1, 0.15) is 19.3 Å². The first kappa shape index (κ1) is 18.8. The third-order valence-corrected chi connectivity index (χ3v) is 5.64. The number of anilines is 2. The van der Waals surface area contributed by atoms with Crippen LogP contribution >= 0.6 is 11.6 Å². The fraction of sp³-hybridized carbons (Fsp3) is 0.227. The summed E-state index contributed by atoms with van der Waals surface area (Å²) in [6.07, 6.45) is 3.42. The van der Waals surface area contributed by atoms with Gasteiger partial charge in [-0.25, -0.2) is 14.1 Å². The number of rotatable bonds is 3. The average Bonchev–Trinajstić information content (AvgIpc) is 3.11. The molecule has 2 aromatic heterocycles. The largest absolute Gasteiger partial charge is 0.383 e. The van der Waals surface area contributed by atoms with E-state index in [0.717, 1.165) is 37.2 Å². The number of nitrogen functional groups attached to an aromatic ring is 1. The molecule has 1 fully saturated rings. The fourth-order valence-corrected chi connectivity index (χ4v) is 3.96. The van der Waals surface area contributed by atoms with E-state index in [1.807, 2.05) is 12.1 Å². The van der Waals surface area contributed by atoms with Gasteiger partial charge in [-0.1, -0.05) is 11.6 Å². The smallest absolute Gasteiger partial charge is 0.228 e. The van der Waals surface area contributed by atoms with Crippen LogP contribution in [0.25, 0.3) is 28.0 Å². The monoisotopic (exact) mass is 422 g/mol. The highest BCUT2D eigenvalue weighted by molar-refractivity contribution is 6.30. The lowest BCUT2D eigenvalue weighted by Crippen LogP contribution is -2.31. The summed E-state index contributed by atoms with van der Waals surface area (Å²) in [5.74, 6) is 0.754. The molecule has 6 nitrogen and oxygen atoms in total. The predicted molar refractivity (Wildman–Crippen MR) is 118 cm³/mol. The zero-order valence-electron chi connectivity index (χ0n) is 16.2. The Morgan fingerprint density at radius 1 is 0.900 bits per heavy atom. The van der Waals surface area contributed by atoms with Crippen molar-refractivity contribution in [2.75, 3.05) is 23.7 Å². The number of hydrogen-bond acceptors (Lipinski definition) is 5. The number of aromatic nitrogens is 4. The van der Waals surface area contributed by atoms with Crippen LogP contribution in [0.4, 0.5) is 16.2 Å². The molecular weight excluding hydrogens is 403 g/mol. The number of nitrogens with zero attached hydrogens (tertiary/aromatic N) is 5. The zero-order chi connectivity index (χ0) is 20.7. The average molecular weight is 423 g/mol. The standard InChI is InChI=1S/C22H20ClFN6/c23-15-6-10-17(11-7-15)30-20(25)18-19(14-4-8-16(24)9-5-14)26-22(27-21(18)28-30)29-12-2-1-3-13-29/h4-11H,1-3,12-13,25H2. The van der Waals surface area contributed by atoms with Crippen LogP contribution in [0.15, 0.2) is 48.5 Å². The van der Waals surface area contributed by atoms with Gasteiger partial charge in [-0.05, 0) is 67.8 Å². The molecular formula is C22H20ClFN6. The van der Waals surface area contributed by atoms with E-state index in [0.29, 0.717) is 33.5 Å². The predicted octanol–water partition coefficient (Wildman–Crippen LogP) is 4.85. The minimum Gasteiger partial charge on any atom is -0.383 e. The molecule has 0 saturated carbocycles. The number of halogens is 2. The van der Waals surface area contributed by atoms with Crippen molar-refractivity contribution in [2.45, 2.75) is 19.3 Å². The third kappa shape index (κ3) is 3.35. The van der Waals surface area contributed by atoms with Gasteiger partial charge < -0.3 is 10.6 Å². The molecule has 0 aliphatic carbocycles. The molecule has 152 valence electrons. The van der Waals surface area contributed by atoms with E-state index in [4.69, 9.17) is 27.3 Å². The summed E-state index contributed by atoms with van der Waals surface area (Å²) in [6.45, 7) is 1.81. The van der Waals surface area contributed by atoms with E-state index in [-0.39, 0.29) is 5.82 Å². The molecule has 1 aliphatic heterocycles. The second-order valence-corrected chi connectivity index (χ2v) is 7.84. The van der Waals surface area contributed by atoms with Crippen LogP contribution in [-0.2, 0) is 0 Å². The molecule has 0 radical (unpaired) electrons. The van der Waals surface area contributed by atoms with Gasteiger partial charge in [0.05, 0.1) is 16.8 Å². The van der Waals surface area contributed by atoms with E-state index in [2.05, 4.69) is 10.00 Å². The van der Waals surface area contributed by atoms with Crippen molar-refractivity contribution in [1.82, 2.24) is 19.7 Å².